The molecule has 2 aromatic rings. The van der Waals surface area contributed by atoms with E-state index < -0.39 is 10.0 Å². The van der Waals surface area contributed by atoms with Crippen LogP contribution in [-0.4, -0.2) is 28.1 Å². The molecule has 0 aliphatic rings. The van der Waals surface area contributed by atoms with Gasteiger partial charge in [-0.1, -0.05) is 6.92 Å². The summed E-state index contributed by atoms with van der Waals surface area (Å²) in [4.78, 5) is 1.07. The van der Waals surface area contributed by atoms with Gasteiger partial charge < -0.3 is 9.73 Å². The zero-order valence-electron chi connectivity index (χ0n) is 12.0. The summed E-state index contributed by atoms with van der Waals surface area (Å²) in [5, 5.41) is 3.23. The Bertz CT molecular complexity index is 633. The molecule has 116 valence electrons. The van der Waals surface area contributed by atoms with Gasteiger partial charge in [-0.25, -0.2) is 13.1 Å². The first kappa shape index (κ1) is 16.2. The summed E-state index contributed by atoms with van der Waals surface area (Å²) in [6.45, 7) is 4.17. The van der Waals surface area contributed by atoms with Gasteiger partial charge in [-0.3, -0.25) is 0 Å². The maximum Gasteiger partial charge on any atom is 0.250 e. The molecule has 0 bridgehead atoms. The predicted molar refractivity (Wildman–Crippen MR) is 84.2 cm³/mol. The highest BCUT2D eigenvalue weighted by molar-refractivity contribution is 7.91. The summed E-state index contributed by atoms with van der Waals surface area (Å²) in [6, 6.07) is 7.17. The van der Waals surface area contributed by atoms with E-state index in [2.05, 4.69) is 10.0 Å². The third kappa shape index (κ3) is 4.96. The Morgan fingerprint density at radius 2 is 2.05 bits per heavy atom. The van der Waals surface area contributed by atoms with E-state index in [9.17, 15) is 8.42 Å². The molecular weight excluding hydrogens is 308 g/mol. The summed E-state index contributed by atoms with van der Waals surface area (Å²) in [5.41, 5.74) is 0. The molecule has 5 nitrogen and oxygen atoms in total. The smallest absolute Gasteiger partial charge is 0.250 e. The highest BCUT2D eigenvalue weighted by Crippen LogP contribution is 2.21. The van der Waals surface area contributed by atoms with E-state index in [1.54, 1.807) is 18.4 Å². The van der Waals surface area contributed by atoms with Crippen LogP contribution in [0.15, 0.2) is 39.2 Å². The maximum absolute atomic E-state index is 12.2. The van der Waals surface area contributed by atoms with Gasteiger partial charge in [0.05, 0.1) is 6.26 Å². The second-order valence-electron chi connectivity index (χ2n) is 4.55. The Labute approximate surface area is 129 Å². The monoisotopic (exact) mass is 328 g/mol. The van der Waals surface area contributed by atoms with Crippen molar-refractivity contribution in [3.8, 4) is 0 Å². The van der Waals surface area contributed by atoms with Crippen LogP contribution in [0.4, 0.5) is 0 Å². The Morgan fingerprint density at radius 3 is 2.76 bits per heavy atom. The van der Waals surface area contributed by atoms with Crippen molar-refractivity contribution < 1.29 is 12.8 Å². The van der Waals surface area contributed by atoms with Crippen LogP contribution in [0.25, 0.3) is 0 Å². The van der Waals surface area contributed by atoms with Crippen molar-refractivity contribution in [3.05, 3.63) is 41.2 Å². The fourth-order valence-corrected chi connectivity index (χ4v) is 4.29. The summed E-state index contributed by atoms with van der Waals surface area (Å²) in [7, 11) is -3.42. The van der Waals surface area contributed by atoms with Gasteiger partial charge in [-0.2, -0.15) is 0 Å². The minimum Gasteiger partial charge on any atom is -0.469 e. The summed E-state index contributed by atoms with van der Waals surface area (Å²) >= 11 is 1.32. The second-order valence-corrected chi connectivity index (χ2v) is 7.71. The average molecular weight is 328 g/mol. The molecule has 0 amide bonds. The topological polar surface area (TPSA) is 71.3 Å². The Hall–Kier alpha value is -1.15. The lowest BCUT2D eigenvalue weighted by Gasteiger charge is -2.03. The third-order valence-corrected chi connectivity index (χ3v) is 6.04. The molecule has 0 radical (unpaired) electrons. The van der Waals surface area contributed by atoms with Gasteiger partial charge in [0.2, 0.25) is 10.0 Å². The van der Waals surface area contributed by atoms with Crippen LogP contribution in [0.5, 0.6) is 0 Å². The summed E-state index contributed by atoms with van der Waals surface area (Å²) in [6.07, 6.45) is 2.98. The minimum atomic E-state index is -3.42. The first-order valence-corrected chi connectivity index (χ1v) is 9.23. The van der Waals surface area contributed by atoms with Crippen LogP contribution in [0.1, 0.15) is 17.6 Å². The highest BCUT2D eigenvalue weighted by atomic mass is 32.2. The fraction of sp³-hybridized carbons (Fsp3) is 0.429. The van der Waals surface area contributed by atoms with Crippen LogP contribution in [0, 0.1) is 0 Å². The predicted octanol–water partition coefficient (Wildman–Crippen LogP) is 2.01. The first-order valence-electron chi connectivity index (χ1n) is 6.93. The van der Waals surface area contributed by atoms with Crippen LogP contribution in [0.2, 0.25) is 0 Å². The van der Waals surface area contributed by atoms with Crippen LogP contribution >= 0.6 is 11.3 Å². The van der Waals surface area contributed by atoms with E-state index in [1.165, 1.54) is 11.3 Å². The Morgan fingerprint density at radius 1 is 1.19 bits per heavy atom. The second kappa shape index (κ2) is 7.74. The summed E-state index contributed by atoms with van der Waals surface area (Å²) in [5.74, 6) is 0.773. The highest BCUT2D eigenvalue weighted by Gasteiger charge is 2.16. The van der Waals surface area contributed by atoms with Crippen molar-refractivity contribution >= 4 is 21.4 Å². The molecule has 7 heteroatoms. The SMILES string of the molecule is CCNCCc1ccc(S(=O)(=O)NCCc2ccco2)s1. The van der Waals surface area contributed by atoms with Gasteiger partial charge in [-0.15, -0.1) is 11.3 Å². The number of likely N-dealkylation sites (N-methyl/N-ethyl adjacent to an activating group) is 1. The van der Waals surface area contributed by atoms with E-state index >= 15 is 0 Å². The largest absolute Gasteiger partial charge is 0.469 e. The number of nitrogens with one attached hydrogen (secondary N) is 2. The van der Waals surface area contributed by atoms with E-state index in [0.717, 1.165) is 30.1 Å². The standard InChI is InChI=1S/C14H20N2O3S2/c1-2-15-9-8-13-5-6-14(20-13)21(17,18)16-10-7-12-4-3-11-19-12/h3-6,11,15-16H,2,7-10H2,1H3. The average Bonchev–Trinajstić information content (AvgIpc) is 3.10. The molecular formula is C14H20N2O3S2. The van der Waals surface area contributed by atoms with Crippen molar-refractivity contribution in [2.45, 2.75) is 24.0 Å². The molecule has 0 aliphatic heterocycles. The van der Waals surface area contributed by atoms with Crippen molar-refractivity contribution in [2.24, 2.45) is 0 Å². The third-order valence-electron chi connectivity index (χ3n) is 2.94. The van der Waals surface area contributed by atoms with Crippen LogP contribution in [-0.2, 0) is 22.9 Å². The molecule has 0 unspecified atom stereocenters. The van der Waals surface area contributed by atoms with E-state index in [-0.39, 0.29) is 0 Å². The lowest BCUT2D eigenvalue weighted by Crippen LogP contribution is -2.25. The molecule has 21 heavy (non-hydrogen) atoms. The number of thiophene rings is 1. The number of hydrogen-bond donors (Lipinski definition) is 2. The Kier molecular flexibility index (Phi) is 5.98. The molecule has 0 fully saturated rings. The van der Waals surface area contributed by atoms with Crippen molar-refractivity contribution in [3.63, 3.8) is 0 Å². The van der Waals surface area contributed by atoms with Crippen molar-refractivity contribution in [1.29, 1.82) is 0 Å². The normalized spacial score (nSPS) is 11.9. The van der Waals surface area contributed by atoms with Crippen LogP contribution < -0.4 is 10.0 Å². The van der Waals surface area contributed by atoms with E-state index in [0.29, 0.717) is 17.2 Å². The first-order chi connectivity index (χ1) is 10.1. The van der Waals surface area contributed by atoms with Crippen molar-refractivity contribution in [1.82, 2.24) is 10.0 Å². The minimum absolute atomic E-state index is 0.334. The molecule has 2 aromatic heterocycles. The summed E-state index contributed by atoms with van der Waals surface area (Å²) < 4.78 is 32.5. The van der Waals surface area contributed by atoms with Gasteiger partial charge in [0, 0.05) is 17.8 Å². The number of furan rings is 1. The molecule has 2 heterocycles. The molecule has 0 spiro atoms. The van der Waals surface area contributed by atoms with Gasteiger partial charge in [0.15, 0.2) is 0 Å². The zero-order chi connectivity index (χ0) is 15.1. The Balaban J connectivity index is 1.86. The number of rotatable bonds is 9. The zero-order valence-corrected chi connectivity index (χ0v) is 13.6. The number of hydrogen-bond acceptors (Lipinski definition) is 5. The molecule has 0 aliphatic carbocycles. The fourth-order valence-electron chi connectivity index (χ4n) is 1.86. The molecule has 0 saturated heterocycles. The van der Waals surface area contributed by atoms with Crippen molar-refractivity contribution in [2.75, 3.05) is 19.6 Å². The van der Waals surface area contributed by atoms with Crippen LogP contribution in [0.3, 0.4) is 0 Å². The van der Waals surface area contributed by atoms with E-state index in [4.69, 9.17) is 4.42 Å². The van der Waals surface area contributed by atoms with Gasteiger partial charge in [-0.05, 0) is 43.8 Å². The lowest BCUT2D eigenvalue weighted by atomic mass is 10.3. The molecule has 0 aromatic carbocycles. The van der Waals surface area contributed by atoms with Gasteiger partial charge in [0.25, 0.3) is 0 Å². The number of sulfonamides is 1. The quantitative estimate of drug-likeness (QED) is 0.691. The molecule has 0 saturated carbocycles. The lowest BCUT2D eigenvalue weighted by molar-refractivity contribution is 0.506. The maximum atomic E-state index is 12.2. The molecule has 0 atom stereocenters. The van der Waals surface area contributed by atoms with E-state index in [1.807, 2.05) is 19.1 Å². The molecule has 2 N–H and O–H groups in total. The van der Waals surface area contributed by atoms with Gasteiger partial charge >= 0.3 is 0 Å². The van der Waals surface area contributed by atoms with Gasteiger partial charge in [0.1, 0.15) is 9.97 Å². The molecule has 2 rings (SSSR count).